The highest BCUT2D eigenvalue weighted by atomic mass is 16.1. The molecule has 0 atom stereocenters. The highest BCUT2D eigenvalue weighted by Gasteiger charge is 2.22. The first-order chi connectivity index (χ1) is 15.2. The summed E-state index contributed by atoms with van der Waals surface area (Å²) in [5.41, 5.74) is 6.22. The van der Waals surface area contributed by atoms with E-state index in [1.807, 2.05) is 18.2 Å². The first-order valence-corrected chi connectivity index (χ1v) is 10.8. The van der Waals surface area contributed by atoms with Crippen LogP contribution in [-0.4, -0.2) is 34.5 Å². The topological polar surface area (TPSA) is 76.0 Å². The molecule has 0 aliphatic carbocycles. The van der Waals surface area contributed by atoms with Gasteiger partial charge in [-0.25, -0.2) is 4.98 Å². The van der Waals surface area contributed by atoms with Crippen molar-refractivity contribution in [3.8, 4) is 6.07 Å². The van der Waals surface area contributed by atoms with E-state index in [0.717, 1.165) is 62.4 Å². The fourth-order valence-electron chi connectivity index (χ4n) is 4.62. The highest BCUT2D eigenvalue weighted by molar-refractivity contribution is 5.41. The number of nitriles is 1. The number of nitrogens with one attached hydrogen (secondary N) is 1. The zero-order chi connectivity index (χ0) is 21.2. The van der Waals surface area contributed by atoms with Gasteiger partial charge in [-0.1, -0.05) is 36.4 Å². The predicted octanol–water partition coefficient (Wildman–Crippen LogP) is 2.81. The lowest BCUT2D eigenvalue weighted by atomic mass is 10.0. The van der Waals surface area contributed by atoms with Gasteiger partial charge in [-0.15, -0.1) is 0 Å². The van der Waals surface area contributed by atoms with Crippen molar-refractivity contribution in [3.05, 3.63) is 92.4 Å². The number of H-pyrrole nitrogens is 1. The summed E-state index contributed by atoms with van der Waals surface area (Å²) in [4.78, 5) is 25.4. The average Bonchev–Trinajstić information content (AvgIpc) is 3.01. The monoisotopic (exact) mass is 411 g/mol. The zero-order valence-corrected chi connectivity index (χ0v) is 17.5. The van der Waals surface area contributed by atoms with E-state index >= 15 is 0 Å². The molecular weight excluding hydrogens is 386 g/mol. The normalized spacial score (nSPS) is 16.2. The Morgan fingerprint density at radius 1 is 1.00 bits per heavy atom. The van der Waals surface area contributed by atoms with Gasteiger partial charge in [-0.2, -0.15) is 5.26 Å². The van der Waals surface area contributed by atoms with Gasteiger partial charge in [0.2, 0.25) is 5.95 Å². The summed E-state index contributed by atoms with van der Waals surface area (Å²) >= 11 is 0. The maximum atomic E-state index is 12.9. The van der Waals surface area contributed by atoms with Gasteiger partial charge in [0.1, 0.15) is 0 Å². The molecule has 0 amide bonds. The first-order valence-electron chi connectivity index (χ1n) is 10.8. The Hall–Kier alpha value is -3.43. The second kappa shape index (κ2) is 8.37. The minimum Gasteiger partial charge on any atom is -0.338 e. The molecule has 1 N–H and O–H groups in total. The molecule has 6 nitrogen and oxygen atoms in total. The number of fused-ring (bicyclic) bond motifs is 2. The highest BCUT2D eigenvalue weighted by Crippen LogP contribution is 2.23. The average molecular weight is 412 g/mol. The van der Waals surface area contributed by atoms with E-state index in [1.54, 1.807) is 0 Å². The quantitative estimate of drug-likeness (QED) is 0.717. The summed E-state index contributed by atoms with van der Waals surface area (Å²) in [6, 6.07) is 18.4. The predicted molar refractivity (Wildman–Crippen MR) is 120 cm³/mol. The van der Waals surface area contributed by atoms with E-state index in [-0.39, 0.29) is 5.56 Å². The Balaban J connectivity index is 1.33. The number of nitrogens with zero attached hydrogens (tertiary/aromatic N) is 4. The van der Waals surface area contributed by atoms with Gasteiger partial charge in [-0.3, -0.25) is 14.7 Å². The summed E-state index contributed by atoms with van der Waals surface area (Å²) in [5, 5.41) is 9.14. The van der Waals surface area contributed by atoms with Crippen LogP contribution in [0.3, 0.4) is 0 Å². The van der Waals surface area contributed by atoms with Crippen molar-refractivity contribution < 1.29 is 0 Å². The van der Waals surface area contributed by atoms with Gasteiger partial charge in [-0.05, 0) is 41.7 Å². The SMILES string of the molecule is N#Cc1cccc(CN2CCc3nc(N4CCc5ccccc5C4)[nH]c(=O)c3CC2)c1. The third kappa shape index (κ3) is 4.10. The molecule has 0 radical (unpaired) electrons. The minimum absolute atomic E-state index is 0.00723. The molecule has 0 spiro atoms. The third-order valence-electron chi connectivity index (χ3n) is 6.32. The van der Waals surface area contributed by atoms with Gasteiger partial charge in [0.05, 0.1) is 17.3 Å². The van der Waals surface area contributed by atoms with Crippen LogP contribution in [0.25, 0.3) is 0 Å². The van der Waals surface area contributed by atoms with Crippen LogP contribution in [-0.2, 0) is 32.4 Å². The van der Waals surface area contributed by atoms with Gasteiger partial charge in [0.25, 0.3) is 5.56 Å². The van der Waals surface area contributed by atoms with E-state index in [1.165, 1.54) is 11.1 Å². The van der Waals surface area contributed by atoms with Crippen molar-refractivity contribution in [1.82, 2.24) is 14.9 Å². The van der Waals surface area contributed by atoms with E-state index in [9.17, 15) is 4.79 Å². The lowest BCUT2D eigenvalue weighted by Crippen LogP contribution is -2.34. The number of hydrogen-bond acceptors (Lipinski definition) is 5. The molecule has 0 saturated heterocycles. The van der Waals surface area contributed by atoms with Crippen LogP contribution in [0.1, 0.15) is 33.5 Å². The number of benzene rings is 2. The first kappa shape index (κ1) is 19.5. The Bertz CT molecular complexity index is 1210. The molecule has 1 aromatic heterocycles. The zero-order valence-electron chi connectivity index (χ0n) is 17.5. The van der Waals surface area contributed by atoms with Crippen molar-refractivity contribution in [2.24, 2.45) is 0 Å². The van der Waals surface area contributed by atoms with Gasteiger partial charge in [0.15, 0.2) is 0 Å². The fraction of sp³-hybridized carbons (Fsp3) is 0.320. The molecule has 6 heteroatoms. The largest absolute Gasteiger partial charge is 0.338 e. The summed E-state index contributed by atoms with van der Waals surface area (Å²) in [6.07, 6.45) is 2.42. The van der Waals surface area contributed by atoms with E-state index < -0.39 is 0 Å². The molecule has 0 bridgehead atoms. The molecule has 2 aliphatic heterocycles. The minimum atomic E-state index is -0.00723. The van der Waals surface area contributed by atoms with Crippen LogP contribution in [0.5, 0.6) is 0 Å². The van der Waals surface area contributed by atoms with Crippen LogP contribution in [0.2, 0.25) is 0 Å². The van der Waals surface area contributed by atoms with E-state index in [4.69, 9.17) is 10.2 Å². The second-order valence-corrected chi connectivity index (χ2v) is 8.34. The number of aromatic amines is 1. The van der Waals surface area contributed by atoms with Gasteiger partial charge >= 0.3 is 0 Å². The molecule has 2 aromatic carbocycles. The number of aromatic nitrogens is 2. The molecule has 0 fully saturated rings. The van der Waals surface area contributed by atoms with E-state index in [0.29, 0.717) is 17.9 Å². The maximum absolute atomic E-state index is 12.9. The Morgan fingerprint density at radius 3 is 2.71 bits per heavy atom. The van der Waals surface area contributed by atoms with Crippen molar-refractivity contribution in [1.29, 1.82) is 5.26 Å². The number of rotatable bonds is 3. The molecule has 0 unspecified atom stereocenters. The van der Waals surface area contributed by atoms with Crippen LogP contribution < -0.4 is 10.5 Å². The Labute approximate surface area is 181 Å². The Kier molecular flexibility index (Phi) is 5.27. The maximum Gasteiger partial charge on any atom is 0.255 e. The second-order valence-electron chi connectivity index (χ2n) is 8.34. The van der Waals surface area contributed by atoms with E-state index in [2.05, 4.69) is 51.2 Å². The lowest BCUT2D eigenvalue weighted by molar-refractivity contribution is 0.279. The smallest absolute Gasteiger partial charge is 0.255 e. The molecule has 3 heterocycles. The van der Waals surface area contributed by atoms with Gasteiger partial charge in [0, 0.05) is 44.7 Å². The molecule has 2 aliphatic rings. The number of hydrogen-bond donors (Lipinski definition) is 1. The van der Waals surface area contributed by atoms with Crippen molar-refractivity contribution in [3.63, 3.8) is 0 Å². The van der Waals surface area contributed by atoms with Gasteiger partial charge < -0.3 is 4.90 Å². The fourth-order valence-corrected chi connectivity index (χ4v) is 4.62. The van der Waals surface area contributed by atoms with Crippen molar-refractivity contribution in [2.45, 2.75) is 32.4 Å². The molecule has 5 rings (SSSR count). The van der Waals surface area contributed by atoms with Crippen LogP contribution in [0, 0.1) is 11.3 Å². The van der Waals surface area contributed by atoms with Crippen molar-refractivity contribution in [2.75, 3.05) is 24.5 Å². The van der Waals surface area contributed by atoms with Crippen LogP contribution in [0.4, 0.5) is 5.95 Å². The summed E-state index contributed by atoms with van der Waals surface area (Å²) in [7, 11) is 0. The summed E-state index contributed by atoms with van der Waals surface area (Å²) in [6.45, 7) is 4.07. The molecule has 0 saturated carbocycles. The third-order valence-corrected chi connectivity index (χ3v) is 6.32. The molecule has 3 aromatic rings. The summed E-state index contributed by atoms with van der Waals surface area (Å²) < 4.78 is 0. The number of anilines is 1. The molecule has 31 heavy (non-hydrogen) atoms. The Morgan fingerprint density at radius 2 is 1.84 bits per heavy atom. The molecule has 156 valence electrons. The van der Waals surface area contributed by atoms with Crippen molar-refractivity contribution >= 4 is 5.95 Å². The standard InChI is InChI=1S/C25H25N5O/c26-15-18-4-3-5-19(14-18)16-29-11-9-22-23(10-12-29)27-25(28-24(22)31)30-13-8-20-6-1-2-7-21(20)17-30/h1-7,14H,8-13,16-17H2,(H,27,28,31). The van der Waals surface area contributed by atoms with Crippen LogP contribution >= 0.6 is 0 Å². The lowest BCUT2D eigenvalue weighted by Gasteiger charge is -2.29. The molecular formula is C25H25N5O. The summed E-state index contributed by atoms with van der Waals surface area (Å²) in [5.74, 6) is 0.688. The van der Waals surface area contributed by atoms with Crippen LogP contribution in [0.15, 0.2) is 53.3 Å².